The van der Waals surface area contributed by atoms with Crippen LogP contribution in [0, 0.1) is 6.92 Å². The summed E-state index contributed by atoms with van der Waals surface area (Å²) in [6.07, 6.45) is 0.808. The minimum Gasteiger partial charge on any atom is -0.315 e. The highest BCUT2D eigenvalue weighted by molar-refractivity contribution is 5.97. The fourth-order valence-electron chi connectivity index (χ4n) is 3.55. The first-order valence-electron chi connectivity index (χ1n) is 11.7. The number of benzene rings is 2. The van der Waals surface area contributed by atoms with Crippen LogP contribution in [0.2, 0.25) is 0 Å². The van der Waals surface area contributed by atoms with Gasteiger partial charge in [-0.2, -0.15) is 5.10 Å². The van der Waals surface area contributed by atoms with Crippen LogP contribution in [0.4, 0.5) is 16.3 Å². The Bertz CT molecular complexity index is 1140. The molecule has 0 saturated carbocycles. The fourth-order valence-corrected chi connectivity index (χ4v) is 3.55. The molecule has 3 amide bonds. The van der Waals surface area contributed by atoms with Crippen LogP contribution in [-0.4, -0.2) is 39.7 Å². The molecule has 0 fully saturated rings. The van der Waals surface area contributed by atoms with E-state index >= 15 is 0 Å². The van der Waals surface area contributed by atoms with Crippen LogP contribution >= 0.6 is 0 Å². The molecule has 0 atom stereocenters. The second kappa shape index (κ2) is 10.5. The van der Waals surface area contributed by atoms with Crippen LogP contribution in [0.25, 0.3) is 5.69 Å². The third-order valence-electron chi connectivity index (χ3n) is 5.67. The molecular formula is C27H35N5O2. The van der Waals surface area contributed by atoms with Gasteiger partial charge >= 0.3 is 6.03 Å². The number of anilines is 2. The summed E-state index contributed by atoms with van der Waals surface area (Å²) in [7, 11) is 0. The van der Waals surface area contributed by atoms with Crippen LogP contribution in [0.15, 0.2) is 54.6 Å². The van der Waals surface area contributed by atoms with Crippen molar-refractivity contribution in [2.75, 3.05) is 23.7 Å². The molecule has 0 aliphatic rings. The van der Waals surface area contributed by atoms with E-state index in [2.05, 4.69) is 31.4 Å². The molecular weight excluding hydrogens is 426 g/mol. The van der Waals surface area contributed by atoms with Crippen molar-refractivity contribution in [3.63, 3.8) is 0 Å². The Labute approximate surface area is 202 Å². The van der Waals surface area contributed by atoms with E-state index in [0.717, 1.165) is 34.6 Å². The highest BCUT2D eigenvalue weighted by Gasteiger charge is 2.23. The van der Waals surface area contributed by atoms with Crippen molar-refractivity contribution in [1.82, 2.24) is 14.7 Å². The smallest absolute Gasteiger partial charge is 0.315 e. The number of hydrogen-bond donors (Lipinski definition) is 2. The lowest BCUT2D eigenvalue weighted by atomic mass is 9.92. The van der Waals surface area contributed by atoms with Gasteiger partial charge in [0.15, 0.2) is 0 Å². The first-order valence-corrected chi connectivity index (χ1v) is 11.7. The molecule has 7 heteroatoms. The van der Waals surface area contributed by atoms with E-state index < -0.39 is 0 Å². The van der Waals surface area contributed by atoms with Crippen molar-refractivity contribution in [3.05, 3.63) is 71.4 Å². The average molecular weight is 462 g/mol. The van der Waals surface area contributed by atoms with Gasteiger partial charge in [0.2, 0.25) is 5.91 Å². The normalized spacial score (nSPS) is 11.2. The molecule has 1 aromatic heterocycles. The van der Waals surface area contributed by atoms with Crippen LogP contribution in [0.5, 0.6) is 0 Å². The summed E-state index contributed by atoms with van der Waals surface area (Å²) in [5.41, 5.74) is 4.50. The molecule has 0 spiro atoms. The monoisotopic (exact) mass is 461 g/mol. The van der Waals surface area contributed by atoms with Gasteiger partial charge in [-0.1, -0.05) is 63.6 Å². The molecule has 0 saturated heterocycles. The summed E-state index contributed by atoms with van der Waals surface area (Å²) in [6, 6.07) is 17.2. The summed E-state index contributed by atoms with van der Waals surface area (Å²) in [5, 5.41) is 10.7. The number of rotatable bonds is 7. The Kier molecular flexibility index (Phi) is 7.76. The van der Waals surface area contributed by atoms with Gasteiger partial charge in [0.05, 0.1) is 11.4 Å². The summed E-state index contributed by atoms with van der Waals surface area (Å²) >= 11 is 0. The van der Waals surface area contributed by atoms with Crippen molar-refractivity contribution in [2.45, 2.75) is 53.4 Å². The first kappa shape index (κ1) is 25.0. The molecule has 0 radical (unpaired) electrons. The number of nitrogens with zero attached hydrogens (tertiary/aromatic N) is 3. The highest BCUT2D eigenvalue weighted by atomic mass is 16.2. The second-order valence-corrected chi connectivity index (χ2v) is 9.42. The van der Waals surface area contributed by atoms with Crippen LogP contribution in [0.1, 0.15) is 51.4 Å². The molecule has 0 aliphatic carbocycles. The van der Waals surface area contributed by atoms with Gasteiger partial charge in [-0.25, -0.2) is 9.48 Å². The van der Waals surface area contributed by atoms with Gasteiger partial charge in [-0.3, -0.25) is 4.79 Å². The van der Waals surface area contributed by atoms with Crippen molar-refractivity contribution in [3.8, 4) is 5.69 Å². The quantitative estimate of drug-likeness (QED) is 0.485. The number of nitrogens with one attached hydrogen (secondary N) is 2. The van der Waals surface area contributed by atoms with Gasteiger partial charge in [0.1, 0.15) is 12.4 Å². The standard InChI is InChI=1S/C27H35N5O2/c1-7-20-11-9-10-12-22(20)28-26(34)31(8-2)18-25(33)29-24-17-23(27(4,5)6)30-32(24)21-15-13-19(3)14-16-21/h9-17H,7-8,18H2,1-6H3,(H,28,34)(H,29,33). The van der Waals surface area contributed by atoms with Gasteiger partial charge < -0.3 is 15.5 Å². The van der Waals surface area contributed by atoms with E-state index in [1.165, 1.54) is 4.90 Å². The molecule has 3 rings (SSSR count). The maximum atomic E-state index is 13.0. The van der Waals surface area contributed by atoms with Crippen molar-refractivity contribution in [2.24, 2.45) is 0 Å². The summed E-state index contributed by atoms with van der Waals surface area (Å²) in [6.45, 7) is 12.5. The number of para-hydroxylation sites is 1. The van der Waals surface area contributed by atoms with Gasteiger partial charge in [0, 0.05) is 23.7 Å². The maximum absolute atomic E-state index is 13.0. The third kappa shape index (κ3) is 6.04. The molecule has 180 valence electrons. The fraction of sp³-hybridized carbons (Fsp3) is 0.370. The van der Waals surface area contributed by atoms with Gasteiger partial charge in [-0.15, -0.1) is 0 Å². The molecule has 3 aromatic rings. The highest BCUT2D eigenvalue weighted by Crippen LogP contribution is 2.26. The number of urea groups is 1. The number of likely N-dealkylation sites (N-methyl/N-ethyl adjacent to an activating group) is 1. The lowest BCUT2D eigenvalue weighted by molar-refractivity contribution is -0.116. The molecule has 7 nitrogen and oxygen atoms in total. The minimum atomic E-state index is -0.305. The van der Waals surface area contributed by atoms with Gasteiger partial charge in [0.25, 0.3) is 0 Å². The average Bonchev–Trinajstić information content (AvgIpc) is 3.22. The zero-order valence-electron chi connectivity index (χ0n) is 21.0. The van der Waals surface area contributed by atoms with Gasteiger partial charge in [-0.05, 0) is 44.0 Å². The van der Waals surface area contributed by atoms with E-state index in [1.54, 1.807) is 4.68 Å². The van der Waals surface area contributed by atoms with E-state index in [4.69, 9.17) is 5.10 Å². The van der Waals surface area contributed by atoms with Crippen LogP contribution in [-0.2, 0) is 16.6 Å². The first-order chi connectivity index (χ1) is 16.1. The summed E-state index contributed by atoms with van der Waals surface area (Å²) in [5.74, 6) is 0.293. The Morgan fingerprint density at radius 2 is 1.68 bits per heavy atom. The number of hydrogen-bond acceptors (Lipinski definition) is 3. The molecule has 2 N–H and O–H groups in total. The number of carbonyl (C=O) groups excluding carboxylic acids is 2. The third-order valence-corrected chi connectivity index (χ3v) is 5.67. The van der Waals surface area contributed by atoms with Crippen molar-refractivity contribution < 1.29 is 9.59 Å². The lowest BCUT2D eigenvalue weighted by Crippen LogP contribution is -2.40. The molecule has 0 bridgehead atoms. The Balaban J connectivity index is 1.78. The van der Waals surface area contributed by atoms with Crippen molar-refractivity contribution >= 4 is 23.4 Å². The lowest BCUT2D eigenvalue weighted by Gasteiger charge is -2.22. The van der Waals surface area contributed by atoms with Crippen LogP contribution < -0.4 is 10.6 Å². The van der Waals surface area contributed by atoms with E-state index in [1.807, 2.05) is 75.4 Å². The Morgan fingerprint density at radius 3 is 2.29 bits per heavy atom. The van der Waals surface area contributed by atoms with Crippen molar-refractivity contribution in [1.29, 1.82) is 0 Å². The predicted octanol–water partition coefficient (Wildman–Crippen LogP) is 5.53. The minimum absolute atomic E-state index is 0.0689. The zero-order valence-corrected chi connectivity index (χ0v) is 21.0. The Morgan fingerprint density at radius 1 is 1.00 bits per heavy atom. The summed E-state index contributed by atoms with van der Waals surface area (Å²) < 4.78 is 1.74. The second-order valence-electron chi connectivity index (χ2n) is 9.42. The van der Waals surface area contributed by atoms with E-state index in [-0.39, 0.29) is 23.9 Å². The van der Waals surface area contributed by atoms with E-state index in [0.29, 0.717) is 12.4 Å². The van der Waals surface area contributed by atoms with Crippen LogP contribution in [0.3, 0.4) is 0 Å². The predicted molar refractivity (Wildman–Crippen MR) is 138 cm³/mol. The largest absolute Gasteiger partial charge is 0.322 e. The SMILES string of the molecule is CCc1ccccc1NC(=O)N(CC)CC(=O)Nc1cc(C(C)(C)C)nn1-c1ccc(C)cc1. The molecule has 0 aliphatic heterocycles. The molecule has 0 unspecified atom stereocenters. The van der Waals surface area contributed by atoms with E-state index in [9.17, 15) is 9.59 Å². The topological polar surface area (TPSA) is 79.3 Å². The maximum Gasteiger partial charge on any atom is 0.322 e. The molecule has 2 aromatic carbocycles. The number of carbonyl (C=O) groups is 2. The zero-order chi connectivity index (χ0) is 24.9. The summed E-state index contributed by atoms with van der Waals surface area (Å²) in [4.78, 5) is 27.3. The number of aromatic nitrogens is 2. The molecule has 1 heterocycles. The molecule has 34 heavy (non-hydrogen) atoms. The Hall–Kier alpha value is -3.61. The number of amides is 3. The number of aryl methyl sites for hydroxylation is 2.